The van der Waals surface area contributed by atoms with E-state index in [9.17, 15) is 9.50 Å². The van der Waals surface area contributed by atoms with Crippen molar-refractivity contribution in [2.45, 2.75) is 48.2 Å². The predicted octanol–water partition coefficient (Wildman–Crippen LogP) is 3.33. The summed E-state index contributed by atoms with van der Waals surface area (Å²) in [5.41, 5.74) is -0.0826. The number of nitriles is 1. The van der Waals surface area contributed by atoms with Crippen molar-refractivity contribution in [3.8, 4) is 6.07 Å². The van der Waals surface area contributed by atoms with Gasteiger partial charge in [0.1, 0.15) is 5.82 Å². The largest absolute Gasteiger partial charge is 0.385 e. The highest BCUT2D eigenvalue weighted by Gasteiger charge is 2.43. The van der Waals surface area contributed by atoms with Crippen LogP contribution >= 0.6 is 11.8 Å². The fourth-order valence-corrected chi connectivity index (χ4v) is 5.25. The highest BCUT2D eigenvalue weighted by molar-refractivity contribution is 8.00. The summed E-state index contributed by atoms with van der Waals surface area (Å²) in [7, 11) is 0. The summed E-state index contributed by atoms with van der Waals surface area (Å²) in [6, 6.07) is 6.17. The zero-order chi connectivity index (χ0) is 13.5. The quantitative estimate of drug-likeness (QED) is 0.856. The molecule has 2 nitrogen and oxygen atoms in total. The molecule has 0 aliphatic carbocycles. The Balaban J connectivity index is 1.99. The Morgan fingerprint density at radius 1 is 1.32 bits per heavy atom. The maximum Gasteiger partial charge on any atom is 0.124 e. The highest BCUT2D eigenvalue weighted by atomic mass is 32.2. The molecular formula is C15H16FNOS. The minimum absolute atomic E-state index is 0.271. The molecule has 100 valence electrons. The number of halogens is 1. The lowest BCUT2D eigenvalue weighted by molar-refractivity contribution is 0.00784. The third-order valence-corrected chi connectivity index (χ3v) is 5.75. The maximum atomic E-state index is 13.2. The predicted molar refractivity (Wildman–Crippen MR) is 73.3 cm³/mol. The Morgan fingerprint density at radius 2 is 2.00 bits per heavy atom. The van der Waals surface area contributed by atoms with Gasteiger partial charge in [0.25, 0.3) is 0 Å². The number of thioether (sulfide) groups is 1. The van der Waals surface area contributed by atoms with Crippen LogP contribution in [-0.4, -0.2) is 15.6 Å². The molecule has 0 aromatic heterocycles. The maximum absolute atomic E-state index is 13.2. The molecule has 0 spiro atoms. The lowest BCUT2D eigenvalue weighted by Crippen LogP contribution is -2.41. The van der Waals surface area contributed by atoms with Crippen LogP contribution in [0, 0.1) is 17.1 Å². The minimum atomic E-state index is -0.959. The van der Waals surface area contributed by atoms with Gasteiger partial charge < -0.3 is 5.11 Å². The molecule has 1 aromatic rings. The molecular weight excluding hydrogens is 261 g/mol. The van der Waals surface area contributed by atoms with Gasteiger partial charge in [-0.25, -0.2) is 4.39 Å². The monoisotopic (exact) mass is 277 g/mol. The molecule has 2 aliphatic heterocycles. The van der Waals surface area contributed by atoms with E-state index in [1.54, 1.807) is 6.07 Å². The first-order valence-corrected chi connectivity index (χ1v) is 7.63. The Bertz CT molecular complexity index is 527. The zero-order valence-corrected chi connectivity index (χ0v) is 11.4. The number of nitrogens with zero attached hydrogens (tertiary/aromatic N) is 1. The molecule has 1 N–H and O–H groups in total. The average molecular weight is 277 g/mol. The second-order valence-corrected chi connectivity index (χ2v) is 7.16. The van der Waals surface area contributed by atoms with E-state index in [-0.39, 0.29) is 5.56 Å². The first-order valence-electron chi connectivity index (χ1n) is 6.69. The van der Waals surface area contributed by atoms with Crippen molar-refractivity contribution in [3.63, 3.8) is 0 Å². The fourth-order valence-electron chi connectivity index (χ4n) is 3.35. The van der Waals surface area contributed by atoms with Gasteiger partial charge in [-0.3, -0.25) is 0 Å². The van der Waals surface area contributed by atoms with Gasteiger partial charge in [0.15, 0.2) is 0 Å². The Morgan fingerprint density at radius 3 is 2.63 bits per heavy atom. The first-order chi connectivity index (χ1) is 9.10. The van der Waals surface area contributed by atoms with Gasteiger partial charge in [-0.2, -0.15) is 17.0 Å². The molecule has 0 radical (unpaired) electrons. The molecule has 2 saturated heterocycles. The number of fused-ring (bicyclic) bond motifs is 2. The van der Waals surface area contributed by atoms with Crippen molar-refractivity contribution in [1.82, 2.24) is 0 Å². The molecule has 2 unspecified atom stereocenters. The van der Waals surface area contributed by atoms with Crippen molar-refractivity contribution in [1.29, 1.82) is 5.26 Å². The number of hydrogen-bond donors (Lipinski definition) is 1. The van der Waals surface area contributed by atoms with Crippen LogP contribution in [0.1, 0.15) is 43.2 Å². The second-order valence-electron chi connectivity index (χ2n) is 5.55. The average Bonchev–Trinajstić information content (AvgIpc) is 2.37. The Labute approximate surface area is 116 Å². The molecule has 1 aromatic carbocycles. The lowest BCUT2D eigenvalue weighted by Gasteiger charge is -2.44. The zero-order valence-electron chi connectivity index (χ0n) is 10.6. The smallest absolute Gasteiger partial charge is 0.124 e. The summed E-state index contributed by atoms with van der Waals surface area (Å²) in [5.74, 6) is -0.422. The molecule has 0 saturated carbocycles. The van der Waals surface area contributed by atoms with E-state index in [1.165, 1.54) is 18.6 Å². The van der Waals surface area contributed by atoms with Crippen molar-refractivity contribution in [2.75, 3.05) is 0 Å². The number of hydrogen-bond acceptors (Lipinski definition) is 3. The van der Waals surface area contributed by atoms with E-state index in [0.29, 0.717) is 28.9 Å². The van der Waals surface area contributed by atoms with Crippen LogP contribution in [0.25, 0.3) is 0 Å². The molecule has 2 fully saturated rings. The molecule has 2 bridgehead atoms. The topological polar surface area (TPSA) is 44.0 Å². The third-order valence-electron chi connectivity index (χ3n) is 4.17. The van der Waals surface area contributed by atoms with Crippen LogP contribution in [0.3, 0.4) is 0 Å². The lowest BCUT2D eigenvalue weighted by atomic mass is 9.79. The van der Waals surface area contributed by atoms with Crippen LogP contribution in [0.15, 0.2) is 18.2 Å². The molecule has 19 heavy (non-hydrogen) atoms. The number of benzene rings is 1. The van der Waals surface area contributed by atoms with E-state index in [4.69, 9.17) is 5.26 Å². The van der Waals surface area contributed by atoms with E-state index in [0.717, 1.165) is 12.8 Å². The summed E-state index contributed by atoms with van der Waals surface area (Å²) in [6.07, 6.45) is 4.84. The van der Waals surface area contributed by atoms with Crippen LogP contribution in [-0.2, 0) is 5.60 Å². The third kappa shape index (κ3) is 2.37. The normalized spacial score (nSPS) is 33.7. The molecule has 4 heteroatoms. The SMILES string of the molecule is N#Cc1cc(F)ccc1C1(O)CC2CCCC(C1)S2. The van der Waals surface area contributed by atoms with Crippen molar-refractivity contribution in [2.24, 2.45) is 0 Å². The van der Waals surface area contributed by atoms with Crippen molar-refractivity contribution in [3.05, 3.63) is 35.1 Å². The summed E-state index contributed by atoms with van der Waals surface area (Å²) in [5, 5.41) is 21.1. The van der Waals surface area contributed by atoms with Gasteiger partial charge in [-0.05, 0) is 37.8 Å². The summed E-state index contributed by atoms with van der Waals surface area (Å²) >= 11 is 1.97. The van der Waals surface area contributed by atoms with Crippen LogP contribution in [0.5, 0.6) is 0 Å². The van der Waals surface area contributed by atoms with E-state index in [2.05, 4.69) is 0 Å². The van der Waals surface area contributed by atoms with E-state index >= 15 is 0 Å². The number of aliphatic hydroxyl groups is 1. The minimum Gasteiger partial charge on any atom is -0.385 e. The molecule has 2 aliphatic rings. The van der Waals surface area contributed by atoms with Gasteiger partial charge in [-0.15, -0.1) is 0 Å². The summed E-state index contributed by atoms with van der Waals surface area (Å²) in [6.45, 7) is 0. The molecule has 2 heterocycles. The molecule has 3 rings (SSSR count). The Kier molecular flexibility index (Phi) is 3.28. The van der Waals surface area contributed by atoms with Gasteiger partial charge >= 0.3 is 0 Å². The van der Waals surface area contributed by atoms with E-state index < -0.39 is 11.4 Å². The van der Waals surface area contributed by atoms with Gasteiger partial charge in [0.05, 0.1) is 17.2 Å². The number of rotatable bonds is 1. The summed E-state index contributed by atoms with van der Waals surface area (Å²) in [4.78, 5) is 0. The summed E-state index contributed by atoms with van der Waals surface area (Å²) < 4.78 is 13.2. The second kappa shape index (κ2) is 4.81. The van der Waals surface area contributed by atoms with E-state index in [1.807, 2.05) is 17.8 Å². The van der Waals surface area contributed by atoms with Crippen molar-refractivity contribution < 1.29 is 9.50 Å². The van der Waals surface area contributed by atoms with Gasteiger partial charge in [0.2, 0.25) is 0 Å². The van der Waals surface area contributed by atoms with Gasteiger partial charge in [0, 0.05) is 16.1 Å². The molecule has 2 atom stereocenters. The van der Waals surface area contributed by atoms with Gasteiger partial charge in [-0.1, -0.05) is 12.5 Å². The van der Waals surface area contributed by atoms with Crippen LogP contribution < -0.4 is 0 Å². The fraction of sp³-hybridized carbons (Fsp3) is 0.533. The standard InChI is InChI=1S/C15H16FNOS/c16-11-4-5-14(10(6-11)9-17)15(18)7-12-2-1-3-13(8-15)19-12/h4-6,12-13,18H,1-3,7-8H2. The van der Waals surface area contributed by atoms with Crippen LogP contribution in [0.2, 0.25) is 0 Å². The molecule has 0 amide bonds. The van der Waals surface area contributed by atoms with Crippen molar-refractivity contribution >= 4 is 11.8 Å². The van der Waals surface area contributed by atoms with Crippen LogP contribution in [0.4, 0.5) is 4.39 Å². The first kappa shape index (κ1) is 13.0. The Hall–Kier alpha value is -1.05. The highest BCUT2D eigenvalue weighted by Crippen LogP contribution is 2.49.